The number of hydrogen-bond donors (Lipinski definition) is 0. The van der Waals surface area contributed by atoms with Crippen LogP contribution in [0, 0.1) is 6.42 Å². The number of imidazole rings is 1. The van der Waals surface area contributed by atoms with Gasteiger partial charge in [0.15, 0.2) is 0 Å². The Morgan fingerprint density at radius 2 is 2.07 bits per heavy atom. The van der Waals surface area contributed by atoms with E-state index < -0.39 is 0 Å². The molecule has 0 N–H and O–H groups in total. The van der Waals surface area contributed by atoms with Crippen molar-refractivity contribution in [3.05, 3.63) is 49.2 Å². The molecule has 0 atom stereocenters. The highest BCUT2D eigenvalue weighted by molar-refractivity contribution is 5.32. The van der Waals surface area contributed by atoms with Gasteiger partial charge in [0.25, 0.3) is 0 Å². The van der Waals surface area contributed by atoms with E-state index in [0.717, 1.165) is 17.9 Å². The zero-order valence-corrected chi connectivity index (χ0v) is 8.09. The fraction of sp³-hybridized carbons (Fsp3) is 0.182. The maximum atomic E-state index is 4.27. The summed E-state index contributed by atoms with van der Waals surface area (Å²) in [4.78, 5) is 8.26. The number of rotatable bonds is 3. The first-order chi connectivity index (χ1) is 6.92. The summed E-state index contributed by atoms with van der Waals surface area (Å²) in [5.41, 5.74) is 1.09. The number of nitrogens with zero attached hydrogens (tertiary/aromatic N) is 3. The fourth-order valence-electron chi connectivity index (χ4n) is 1.37. The Labute approximate surface area is 83.4 Å². The average molecular weight is 186 g/mol. The first kappa shape index (κ1) is 8.94. The SMILES string of the molecule is CC[CH]c1nccn1-c1ccncc1. The van der Waals surface area contributed by atoms with E-state index in [-0.39, 0.29) is 0 Å². The van der Waals surface area contributed by atoms with Crippen LogP contribution in [0.5, 0.6) is 0 Å². The Bertz CT molecular complexity index is 392. The molecule has 2 aromatic rings. The number of aromatic nitrogens is 3. The molecule has 0 aliphatic rings. The first-order valence-electron chi connectivity index (χ1n) is 4.68. The smallest absolute Gasteiger partial charge is 0.117 e. The highest BCUT2D eigenvalue weighted by Crippen LogP contribution is 2.11. The third kappa shape index (κ3) is 1.66. The molecule has 2 heterocycles. The van der Waals surface area contributed by atoms with Gasteiger partial charge in [0, 0.05) is 36.9 Å². The highest BCUT2D eigenvalue weighted by Gasteiger charge is 2.02. The fourth-order valence-corrected chi connectivity index (χ4v) is 1.37. The molecule has 0 bridgehead atoms. The third-order valence-corrected chi connectivity index (χ3v) is 2.00. The van der Waals surface area contributed by atoms with Crippen molar-refractivity contribution in [2.45, 2.75) is 13.3 Å². The first-order valence-corrected chi connectivity index (χ1v) is 4.68. The van der Waals surface area contributed by atoms with Crippen LogP contribution >= 0.6 is 0 Å². The molecule has 0 saturated heterocycles. The normalized spacial score (nSPS) is 10.4. The topological polar surface area (TPSA) is 30.7 Å². The van der Waals surface area contributed by atoms with Crippen LogP contribution in [-0.2, 0) is 0 Å². The van der Waals surface area contributed by atoms with Crippen molar-refractivity contribution in [3.63, 3.8) is 0 Å². The molecule has 14 heavy (non-hydrogen) atoms. The van der Waals surface area contributed by atoms with Crippen LogP contribution < -0.4 is 0 Å². The Morgan fingerprint density at radius 1 is 1.29 bits per heavy atom. The lowest BCUT2D eigenvalue weighted by Gasteiger charge is -2.05. The zero-order valence-electron chi connectivity index (χ0n) is 8.09. The van der Waals surface area contributed by atoms with E-state index in [1.54, 1.807) is 12.4 Å². The van der Waals surface area contributed by atoms with Gasteiger partial charge in [-0.05, 0) is 18.6 Å². The van der Waals surface area contributed by atoms with Crippen LogP contribution in [0.2, 0.25) is 0 Å². The maximum absolute atomic E-state index is 4.27. The van der Waals surface area contributed by atoms with Gasteiger partial charge in [-0.3, -0.25) is 4.98 Å². The quantitative estimate of drug-likeness (QED) is 0.736. The van der Waals surface area contributed by atoms with Gasteiger partial charge in [-0.1, -0.05) is 6.92 Å². The molecule has 1 radical (unpaired) electrons. The van der Waals surface area contributed by atoms with Gasteiger partial charge in [0.05, 0.1) is 0 Å². The van der Waals surface area contributed by atoms with Crippen molar-refractivity contribution in [2.75, 3.05) is 0 Å². The Kier molecular flexibility index (Phi) is 2.58. The Morgan fingerprint density at radius 3 is 2.79 bits per heavy atom. The van der Waals surface area contributed by atoms with Gasteiger partial charge in [0.2, 0.25) is 0 Å². The summed E-state index contributed by atoms with van der Waals surface area (Å²) in [5.74, 6) is 0.985. The molecule has 3 nitrogen and oxygen atoms in total. The summed E-state index contributed by atoms with van der Waals surface area (Å²) < 4.78 is 2.05. The van der Waals surface area contributed by atoms with Gasteiger partial charge in [-0.15, -0.1) is 0 Å². The second-order valence-corrected chi connectivity index (χ2v) is 2.97. The van der Waals surface area contributed by atoms with Crippen LogP contribution in [0.15, 0.2) is 36.9 Å². The molecule has 0 amide bonds. The molecular formula is C11H12N3. The van der Waals surface area contributed by atoms with Crippen molar-refractivity contribution < 1.29 is 0 Å². The van der Waals surface area contributed by atoms with Crippen molar-refractivity contribution >= 4 is 0 Å². The maximum Gasteiger partial charge on any atom is 0.117 e. The predicted molar refractivity (Wildman–Crippen MR) is 55.1 cm³/mol. The summed E-state index contributed by atoms with van der Waals surface area (Å²) >= 11 is 0. The molecule has 2 rings (SSSR count). The van der Waals surface area contributed by atoms with Crippen LogP contribution in [-0.4, -0.2) is 14.5 Å². The largest absolute Gasteiger partial charge is 0.303 e. The molecule has 0 aliphatic heterocycles. The van der Waals surface area contributed by atoms with Gasteiger partial charge < -0.3 is 4.57 Å². The summed E-state index contributed by atoms with van der Waals surface area (Å²) in [5, 5.41) is 0. The van der Waals surface area contributed by atoms with E-state index >= 15 is 0 Å². The lowest BCUT2D eigenvalue weighted by atomic mass is 10.3. The molecule has 0 fully saturated rings. The second kappa shape index (κ2) is 4.05. The molecule has 0 saturated carbocycles. The van der Waals surface area contributed by atoms with Gasteiger partial charge in [0.1, 0.15) is 5.82 Å². The minimum absolute atomic E-state index is 0.985. The minimum Gasteiger partial charge on any atom is -0.303 e. The molecule has 3 heteroatoms. The number of pyridine rings is 1. The predicted octanol–water partition coefficient (Wildman–Crippen LogP) is 2.23. The van der Waals surface area contributed by atoms with Crippen LogP contribution in [0.1, 0.15) is 19.2 Å². The molecule has 2 aromatic heterocycles. The third-order valence-electron chi connectivity index (χ3n) is 2.00. The zero-order chi connectivity index (χ0) is 9.80. The summed E-state index contributed by atoms with van der Waals surface area (Å²) in [6.45, 7) is 2.10. The Balaban J connectivity index is 2.37. The van der Waals surface area contributed by atoms with E-state index in [4.69, 9.17) is 0 Å². The minimum atomic E-state index is 0.985. The van der Waals surface area contributed by atoms with E-state index in [1.165, 1.54) is 0 Å². The highest BCUT2D eigenvalue weighted by atomic mass is 15.1. The summed E-state index contributed by atoms with van der Waals surface area (Å²) in [6.07, 6.45) is 10.4. The van der Waals surface area contributed by atoms with Crippen molar-refractivity contribution in [2.24, 2.45) is 0 Å². The van der Waals surface area contributed by atoms with Gasteiger partial charge >= 0.3 is 0 Å². The molecule has 0 unspecified atom stereocenters. The standard InChI is InChI=1S/C11H12N3/c1-2-3-11-13-8-9-14(11)10-4-6-12-7-5-10/h3-9H,2H2,1H3. The van der Waals surface area contributed by atoms with E-state index in [1.807, 2.05) is 29.1 Å². The molecule has 0 spiro atoms. The van der Waals surface area contributed by atoms with E-state index in [0.29, 0.717) is 0 Å². The van der Waals surface area contributed by atoms with E-state index in [2.05, 4.69) is 23.3 Å². The second-order valence-electron chi connectivity index (χ2n) is 2.97. The van der Waals surface area contributed by atoms with Gasteiger partial charge in [-0.25, -0.2) is 4.98 Å². The monoisotopic (exact) mass is 186 g/mol. The van der Waals surface area contributed by atoms with Crippen LogP contribution in [0.25, 0.3) is 5.69 Å². The summed E-state index contributed by atoms with van der Waals surface area (Å²) in [6, 6.07) is 3.93. The molecular weight excluding hydrogens is 174 g/mol. The van der Waals surface area contributed by atoms with Gasteiger partial charge in [-0.2, -0.15) is 0 Å². The Hall–Kier alpha value is -1.64. The van der Waals surface area contributed by atoms with Crippen LogP contribution in [0.3, 0.4) is 0 Å². The lowest BCUT2D eigenvalue weighted by Crippen LogP contribution is -1.98. The molecule has 0 aliphatic carbocycles. The molecule has 71 valence electrons. The lowest BCUT2D eigenvalue weighted by molar-refractivity contribution is 0.939. The van der Waals surface area contributed by atoms with Crippen LogP contribution in [0.4, 0.5) is 0 Å². The van der Waals surface area contributed by atoms with Crippen molar-refractivity contribution in [1.29, 1.82) is 0 Å². The number of hydrogen-bond acceptors (Lipinski definition) is 2. The molecule has 0 aromatic carbocycles. The van der Waals surface area contributed by atoms with Crippen molar-refractivity contribution in [1.82, 2.24) is 14.5 Å². The average Bonchev–Trinajstić information content (AvgIpc) is 2.68. The van der Waals surface area contributed by atoms with E-state index in [9.17, 15) is 0 Å². The summed E-state index contributed by atoms with van der Waals surface area (Å²) in [7, 11) is 0. The van der Waals surface area contributed by atoms with Crippen molar-refractivity contribution in [3.8, 4) is 5.69 Å².